The molecule has 1 aromatic heterocycles. The number of carbonyl (C=O) groups excluding carboxylic acids is 2. The van der Waals surface area contributed by atoms with Crippen molar-refractivity contribution in [3.05, 3.63) is 70.7 Å². The quantitative estimate of drug-likeness (QED) is 0.315. The Hall–Kier alpha value is -2.96. The summed E-state index contributed by atoms with van der Waals surface area (Å²) in [6.45, 7) is 4.74. The molecular weight excluding hydrogens is 466 g/mol. The highest BCUT2D eigenvalue weighted by Crippen LogP contribution is 2.51. The highest BCUT2D eigenvalue weighted by molar-refractivity contribution is 6.22. The first-order chi connectivity index (χ1) is 18.0. The van der Waals surface area contributed by atoms with Crippen LogP contribution >= 0.6 is 0 Å². The Morgan fingerprint density at radius 1 is 1.03 bits per heavy atom. The Morgan fingerprint density at radius 3 is 2.54 bits per heavy atom. The van der Waals surface area contributed by atoms with Gasteiger partial charge in [0.05, 0.1) is 30.2 Å². The molecule has 196 valence electrons. The number of aliphatic hydroxyl groups is 1. The SMILES string of the molecule is CCCC1=C2[C@@H](CC/C(=C/c3ccc(CO)o3)CCC)OC[C@@H]2[C@@H]2C(=O)N(c3ccccc3)C(=O)[C@@H]2C1. The lowest BCUT2D eigenvalue weighted by Gasteiger charge is -2.32. The van der Waals surface area contributed by atoms with Crippen LogP contribution in [0.3, 0.4) is 0 Å². The van der Waals surface area contributed by atoms with Gasteiger partial charge in [0.25, 0.3) is 0 Å². The smallest absolute Gasteiger partial charge is 0.238 e. The first kappa shape index (κ1) is 25.7. The predicted octanol–water partition coefficient (Wildman–Crippen LogP) is 6.06. The van der Waals surface area contributed by atoms with E-state index in [1.807, 2.05) is 36.4 Å². The Kier molecular flexibility index (Phi) is 7.77. The van der Waals surface area contributed by atoms with Gasteiger partial charge in [-0.15, -0.1) is 0 Å². The lowest BCUT2D eigenvalue weighted by molar-refractivity contribution is -0.122. The van der Waals surface area contributed by atoms with Crippen molar-refractivity contribution in [2.45, 2.75) is 71.5 Å². The van der Waals surface area contributed by atoms with E-state index < -0.39 is 0 Å². The van der Waals surface area contributed by atoms with Crippen molar-refractivity contribution in [1.29, 1.82) is 0 Å². The van der Waals surface area contributed by atoms with Gasteiger partial charge in [-0.2, -0.15) is 0 Å². The first-order valence-electron chi connectivity index (χ1n) is 13.7. The number of fused-ring (bicyclic) bond motifs is 3. The fourth-order valence-electron chi connectivity index (χ4n) is 6.51. The van der Waals surface area contributed by atoms with Crippen LogP contribution in [0.4, 0.5) is 5.69 Å². The predicted molar refractivity (Wildman–Crippen MR) is 142 cm³/mol. The van der Waals surface area contributed by atoms with Crippen LogP contribution in [0.2, 0.25) is 0 Å². The molecule has 4 atom stereocenters. The molecule has 37 heavy (non-hydrogen) atoms. The van der Waals surface area contributed by atoms with Crippen molar-refractivity contribution < 1.29 is 23.8 Å². The van der Waals surface area contributed by atoms with E-state index in [9.17, 15) is 14.7 Å². The second-order valence-corrected chi connectivity index (χ2v) is 10.5. The minimum absolute atomic E-state index is 0.0220. The number of furan rings is 1. The van der Waals surface area contributed by atoms with E-state index in [1.54, 1.807) is 6.07 Å². The average Bonchev–Trinajstić information content (AvgIpc) is 3.60. The number of para-hydroxylation sites is 1. The molecule has 0 radical (unpaired) electrons. The maximum Gasteiger partial charge on any atom is 0.238 e. The van der Waals surface area contributed by atoms with Crippen molar-refractivity contribution in [3.63, 3.8) is 0 Å². The molecule has 2 saturated heterocycles. The molecular formula is C31H37NO5. The normalized spacial score (nSPS) is 25.7. The van der Waals surface area contributed by atoms with Gasteiger partial charge >= 0.3 is 0 Å². The topological polar surface area (TPSA) is 80.0 Å². The molecule has 2 amide bonds. The van der Waals surface area contributed by atoms with E-state index in [2.05, 4.69) is 19.9 Å². The zero-order valence-electron chi connectivity index (χ0n) is 21.8. The maximum atomic E-state index is 13.6. The van der Waals surface area contributed by atoms with Gasteiger partial charge in [-0.3, -0.25) is 14.5 Å². The van der Waals surface area contributed by atoms with Crippen molar-refractivity contribution >= 4 is 23.6 Å². The molecule has 3 heterocycles. The van der Waals surface area contributed by atoms with Gasteiger partial charge in [0.2, 0.25) is 11.8 Å². The van der Waals surface area contributed by atoms with Gasteiger partial charge in [-0.25, -0.2) is 0 Å². The number of allylic oxidation sites excluding steroid dienone is 2. The molecule has 6 nitrogen and oxygen atoms in total. The van der Waals surface area contributed by atoms with E-state index in [0.717, 1.165) is 44.3 Å². The van der Waals surface area contributed by atoms with Gasteiger partial charge < -0.3 is 14.3 Å². The number of carbonyl (C=O) groups is 2. The van der Waals surface area contributed by atoms with E-state index in [4.69, 9.17) is 9.15 Å². The molecule has 1 aromatic carbocycles. The monoisotopic (exact) mass is 503 g/mol. The number of amides is 2. The van der Waals surface area contributed by atoms with Crippen LogP contribution in [0, 0.1) is 17.8 Å². The molecule has 2 aliphatic heterocycles. The van der Waals surface area contributed by atoms with E-state index in [-0.39, 0.29) is 42.3 Å². The number of anilines is 1. The lowest BCUT2D eigenvalue weighted by Crippen LogP contribution is -2.34. The van der Waals surface area contributed by atoms with Crippen LogP contribution in [-0.2, 0) is 20.9 Å². The Labute approximate surface area is 219 Å². The molecule has 2 aromatic rings. The lowest BCUT2D eigenvalue weighted by atomic mass is 9.68. The molecule has 2 fully saturated rings. The van der Waals surface area contributed by atoms with Gasteiger partial charge in [-0.05, 0) is 68.0 Å². The zero-order valence-corrected chi connectivity index (χ0v) is 21.8. The van der Waals surface area contributed by atoms with Gasteiger partial charge in [0.1, 0.15) is 18.1 Å². The van der Waals surface area contributed by atoms with Gasteiger partial charge in [0, 0.05) is 5.92 Å². The largest absolute Gasteiger partial charge is 0.459 e. The number of rotatable bonds is 10. The summed E-state index contributed by atoms with van der Waals surface area (Å²) in [5, 5.41) is 9.31. The fraction of sp³-hybridized carbons (Fsp3) is 0.484. The Bertz CT molecular complexity index is 1190. The summed E-state index contributed by atoms with van der Waals surface area (Å²) >= 11 is 0. The van der Waals surface area contributed by atoms with Gasteiger partial charge in [0.15, 0.2) is 0 Å². The number of hydrogen-bond acceptors (Lipinski definition) is 5. The average molecular weight is 504 g/mol. The van der Waals surface area contributed by atoms with Crippen molar-refractivity contribution in [1.82, 2.24) is 0 Å². The van der Waals surface area contributed by atoms with E-state index in [0.29, 0.717) is 24.5 Å². The molecule has 3 aliphatic rings. The third-order valence-corrected chi connectivity index (χ3v) is 8.06. The van der Waals surface area contributed by atoms with Crippen molar-refractivity contribution in [3.8, 4) is 0 Å². The summed E-state index contributed by atoms with van der Waals surface area (Å²) in [6, 6.07) is 13.0. The number of ether oxygens (including phenoxy) is 1. The van der Waals surface area contributed by atoms with Crippen molar-refractivity contribution in [2.75, 3.05) is 11.5 Å². The van der Waals surface area contributed by atoms with Gasteiger partial charge in [-0.1, -0.05) is 56.0 Å². The number of benzene rings is 1. The number of aliphatic hydroxyl groups excluding tert-OH is 1. The van der Waals surface area contributed by atoms with Crippen LogP contribution in [-0.4, -0.2) is 29.6 Å². The molecule has 0 spiro atoms. The molecule has 1 N–H and O–H groups in total. The highest BCUT2D eigenvalue weighted by Gasteiger charge is 2.57. The summed E-state index contributed by atoms with van der Waals surface area (Å²) in [5.41, 5.74) is 4.57. The van der Waals surface area contributed by atoms with Crippen LogP contribution in [0.1, 0.15) is 70.3 Å². The molecule has 0 bridgehead atoms. The minimum atomic E-state index is -0.334. The highest BCUT2D eigenvalue weighted by atomic mass is 16.5. The maximum absolute atomic E-state index is 13.6. The summed E-state index contributed by atoms with van der Waals surface area (Å²) in [6.07, 6.45) is 8.40. The van der Waals surface area contributed by atoms with E-state index >= 15 is 0 Å². The summed E-state index contributed by atoms with van der Waals surface area (Å²) in [7, 11) is 0. The minimum Gasteiger partial charge on any atom is -0.459 e. The number of hydrogen-bond donors (Lipinski definition) is 1. The summed E-state index contributed by atoms with van der Waals surface area (Å²) in [4.78, 5) is 28.5. The third-order valence-electron chi connectivity index (χ3n) is 8.06. The van der Waals surface area contributed by atoms with Crippen LogP contribution in [0.25, 0.3) is 6.08 Å². The Balaban J connectivity index is 1.37. The number of nitrogens with zero attached hydrogens (tertiary/aromatic N) is 1. The first-order valence-corrected chi connectivity index (χ1v) is 13.7. The standard InChI is InChI=1S/C31H37NO5/c1-3-8-20(16-23-13-14-24(18-33)37-23)12-15-27-28-21(9-4-2)17-25-29(26(28)19-36-27)31(35)32(30(25)34)22-10-6-5-7-11-22/h5-7,10-11,13-14,16,25-27,29,33H,3-4,8-9,12,15,17-19H2,1-2H3/b20-16+/t25-,26+,27-,29-/m1/s1. The summed E-state index contributed by atoms with van der Waals surface area (Å²) in [5.74, 6) is 0.542. The Morgan fingerprint density at radius 2 is 1.84 bits per heavy atom. The zero-order chi connectivity index (χ0) is 25.9. The molecule has 0 unspecified atom stereocenters. The van der Waals surface area contributed by atoms with Crippen LogP contribution < -0.4 is 4.90 Å². The molecule has 6 heteroatoms. The molecule has 1 aliphatic carbocycles. The number of imide groups is 1. The third kappa shape index (κ3) is 4.97. The second kappa shape index (κ2) is 11.2. The summed E-state index contributed by atoms with van der Waals surface area (Å²) < 4.78 is 12.1. The van der Waals surface area contributed by atoms with Crippen molar-refractivity contribution in [2.24, 2.45) is 17.8 Å². The second-order valence-electron chi connectivity index (χ2n) is 10.5. The van der Waals surface area contributed by atoms with Crippen LogP contribution in [0.15, 0.2) is 63.6 Å². The molecule has 0 saturated carbocycles. The van der Waals surface area contributed by atoms with Crippen LogP contribution in [0.5, 0.6) is 0 Å². The van der Waals surface area contributed by atoms with E-state index in [1.165, 1.54) is 21.6 Å². The molecule has 5 rings (SSSR count). The fourth-order valence-corrected chi connectivity index (χ4v) is 6.51.